The van der Waals surface area contributed by atoms with Crippen molar-refractivity contribution in [2.45, 2.75) is 176 Å². The summed E-state index contributed by atoms with van der Waals surface area (Å²) in [5, 5.41) is 0. The molecule has 3 heteroatoms. The predicted octanol–water partition coefficient (Wildman–Crippen LogP) is 12.2. The van der Waals surface area contributed by atoms with Gasteiger partial charge in [0.1, 0.15) is 0 Å². The molecule has 0 spiro atoms. The molecule has 0 unspecified atom stereocenters. The molecule has 0 aromatic carbocycles. The molecule has 0 saturated carbocycles. The minimum atomic E-state index is -2.46. The Hall–Kier alpha value is -0.360. The number of hydrogen-bond donors (Lipinski definition) is 0. The van der Waals surface area contributed by atoms with Crippen LogP contribution in [0, 0.1) is 0 Å². The van der Waals surface area contributed by atoms with E-state index in [4.69, 9.17) is 4.52 Å². The molecule has 0 bridgehead atoms. The number of carbonyl (C=O) groups excluding carboxylic acids is 1. The van der Waals surface area contributed by atoms with E-state index in [1.807, 2.05) is 0 Å². The minimum absolute atomic E-state index is 0.134. The molecule has 0 fully saturated rings. The first-order chi connectivity index (χ1) is 18.0. The summed E-state index contributed by atoms with van der Waals surface area (Å²) in [6.07, 6.45) is 36.6. The number of allylic oxidation sites excluding steroid dienone is 2. The van der Waals surface area contributed by atoms with Crippen LogP contribution in [0.3, 0.4) is 0 Å². The molecular weight excluding hydrogens is 471 g/mol. The molecule has 0 rings (SSSR count). The van der Waals surface area contributed by atoms with Crippen molar-refractivity contribution in [2.24, 2.45) is 0 Å². The molecule has 0 amide bonds. The first kappa shape index (κ1) is 36.6. The van der Waals surface area contributed by atoms with Crippen LogP contribution in [0.25, 0.3) is 0 Å². The van der Waals surface area contributed by atoms with E-state index < -0.39 is 6.83 Å². The van der Waals surface area contributed by atoms with Gasteiger partial charge in [-0.15, -0.1) is 0 Å². The van der Waals surface area contributed by atoms with Gasteiger partial charge in [0.2, 0.25) is 0 Å². The fraction of sp³-hybridized carbons (Fsp3) is 0.912. The summed E-state index contributed by atoms with van der Waals surface area (Å²) in [5.74, 6) is 0.134. The van der Waals surface area contributed by atoms with Gasteiger partial charge in [0.15, 0.2) is 0 Å². The molecule has 37 heavy (non-hydrogen) atoms. The Balaban J connectivity index is 4.47. The maximum atomic E-state index is 13.3. The van der Waals surface area contributed by atoms with Crippen LogP contribution in [0.5, 0.6) is 0 Å². The van der Waals surface area contributed by atoms with Crippen molar-refractivity contribution >= 4 is 12.8 Å². The molecule has 222 valence electrons. The topological polar surface area (TPSA) is 26.3 Å². The van der Waals surface area contributed by atoms with Crippen LogP contribution < -0.4 is 0 Å². The van der Waals surface area contributed by atoms with Crippen LogP contribution in [0.15, 0.2) is 12.2 Å². The van der Waals surface area contributed by atoms with Gasteiger partial charge in [-0.1, -0.05) is 39.0 Å². The van der Waals surface area contributed by atoms with Gasteiger partial charge in [-0.05, 0) is 6.42 Å². The van der Waals surface area contributed by atoms with Crippen molar-refractivity contribution < 1.29 is 9.32 Å². The van der Waals surface area contributed by atoms with Crippen LogP contribution in [0.2, 0.25) is 0 Å². The molecule has 2 nitrogen and oxygen atoms in total. The number of carbonyl (C=O) groups is 1. The molecule has 0 aromatic heterocycles. The van der Waals surface area contributed by atoms with E-state index in [9.17, 15) is 4.79 Å². The molecule has 0 heterocycles. The zero-order valence-electron chi connectivity index (χ0n) is 26.3. The van der Waals surface area contributed by atoms with Gasteiger partial charge in [-0.25, -0.2) is 0 Å². The molecule has 0 atom stereocenters. The van der Waals surface area contributed by atoms with E-state index >= 15 is 0 Å². The van der Waals surface area contributed by atoms with Crippen LogP contribution in [0.4, 0.5) is 0 Å². The Morgan fingerprint density at radius 3 is 1.24 bits per heavy atom. The zero-order valence-corrected chi connectivity index (χ0v) is 27.2. The second kappa shape index (κ2) is 24.7. The summed E-state index contributed by atoms with van der Waals surface area (Å²) in [6, 6.07) is 0. The van der Waals surface area contributed by atoms with E-state index in [1.165, 1.54) is 153 Å². The van der Waals surface area contributed by atoms with Gasteiger partial charge in [-0.3, -0.25) is 0 Å². The van der Waals surface area contributed by atoms with Crippen molar-refractivity contribution in [2.75, 3.05) is 24.6 Å². The summed E-state index contributed by atoms with van der Waals surface area (Å²) in [5.41, 5.74) is 0. The van der Waals surface area contributed by atoms with E-state index in [-0.39, 0.29) is 5.97 Å². The van der Waals surface area contributed by atoms with E-state index in [0.717, 1.165) is 6.42 Å². The molecule has 0 aliphatic rings. The third kappa shape index (κ3) is 18.5. The third-order valence-corrected chi connectivity index (χ3v) is 14.8. The van der Waals surface area contributed by atoms with Crippen molar-refractivity contribution in [3.63, 3.8) is 0 Å². The quantitative estimate of drug-likeness (QED) is 0.0560. The molecule has 0 radical (unpaired) electrons. The Morgan fingerprint density at radius 2 is 0.838 bits per heavy atom. The zero-order chi connectivity index (χ0) is 27.5. The SMILES string of the molecule is CCCCCCCC/C=C\CCCCCCCC(=O)OP(CCCC)(CCCC)(CCCC)CCCC. The monoisotopic (exact) mass is 541 g/mol. The predicted molar refractivity (Wildman–Crippen MR) is 172 cm³/mol. The number of hydrogen-bond acceptors (Lipinski definition) is 2. The second-order valence-electron chi connectivity index (χ2n) is 12.0. The summed E-state index contributed by atoms with van der Waals surface area (Å²) in [6.45, 7) is 8.98. The van der Waals surface area contributed by atoms with E-state index in [1.54, 1.807) is 0 Å². The van der Waals surface area contributed by atoms with Crippen LogP contribution in [-0.4, -0.2) is 30.6 Å². The van der Waals surface area contributed by atoms with Crippen LogP contribution >= 0.6 is 6.83 Å². The van der Waals surface area contributed by atoms with Gasteiger partial charge in [0, 0.05) is 0 Å². The second-order valence-corrected chi connectivity index (χ2v) is 17.7. The van der Waals surface area contributed by atoms with Crippen molar-refractivity contribution in [3.8, 4) is 0 Å². The van der Waals surface area contributed by atoms with Gasteiger partial charge < -0.3 is 0 Å². The maximum absolute atomic E-state index is 13.3. The Kier molecular flexibility index (Phi) is 24.4. The summed E-state index contributed by atoms with van der Waals surface area (Å²) >= 11 is 0. The third-order valence-electron chi connectivity index (χ3n) is 8.31. The van der Waals surface area contributed by atoms with Crippen molar-refractivity contribution in [1.29, 1.82) is 0 Å². The van der Waals surface area contributed by atoms with E-state index in [2.05, 4.69) is 46.8 Å². The summed E-state index contributed by atoms with van der Waals surface area (Å²) < 4.78 is 6.84. The number of unbranched alkanes of at least 4 members (excludes halogenated alkanes) is 15. The Bertz CT molecular complexity index is 498. The first-order valence-corrected chi connectivity index (χ1v) is 19.8. The fourth-order valence-electron chi connectivity index (χ4n) is 5.76. The molecular formula is C34H69O2P. The van der Waals surface area contributed by atoms with Crippen LogP contribution in [0.1, 0.15) is 176 Å². The van der Waals surface area contributed by atoms with Gasteiger partial charge in [0.05, 0.1) is 0 Å². The van der Waals surface area contributed by atoms with Gasteiger partial charge >= 0.3 is 189 Å². The molecule has 0 N–H and O–H groups in total. The normalized spacial score (nSPS) is 13.2. The summed E-state index contributed by atoms with van der Waals surface area (Å²) in [4.78, 5) is 13.3. The van der Waals surface area contributed by atoms with Gasteiger partial charge in [-0.2, -0.15) is 0 Å². The molecule has 0 aliphatic carbocycles. The summed E-state index contributed by atoms with van der Waals surface area (Å²) in [7, 11) is 0. The Morgan fingerprint density at radius 1 is 0.486 bits per heavy atom. The van der Waals surface area contributed by atoms with Gasteiger partial charge in [0.25, 0.3) is 0 Å². The van der Waals surface area contributed by atoms with Crippen molar-refractivity contribution in [1.82, 2.24) is 0 Å². The fourth-order valence-corrected chi connectivity index (χ4v) is 12.6. The number of rotatable bonds is 28. The molecule has 0 aliphatic heterocycles. The van der Waals surface area contributed by atoms with Crippen molar-refractivity contribution in [3.05, 3.63) is 12.2 Å². The van der Waals surface area contributed by atoms with Crippen LogP contribution in [-0.2, 0) is 9.32 Å². The average molecular weight is 541 g/mol. The average Bonchev–Trinajstić information content (AvgIpc) is 2.91. The van der Waals surface area contributed by atoms with E-state index in [0.29, 0.717) is 6.42 Å². The molecule has 0 aromatic rings. The standard InChI is InChI=1S/C34H69O2P/c1-6-11-16-17-18-19-20-21-22-23-24-25-26-27-28-29-34(35)36-37(30-12-7-2,31-13-8-3,32-14-9-4)33-15-10-5/h21-22H,6-20,23-33H2,1-5H3/b22-21-. The first-order valence-electron chi connectivity index (χ1n) is 16.9. The molecule has 0 saturated heterocycles. The Labute approximate surface area is 234 Å².